The van der Waals surface area contributed by atoms with Crippen LogP contribution in [0, 0.1) is 5.92 Å². The summed E-state index contributed by atoms with van der Waals surface area (Å²) in [4.78, 5) is 11.1. The number of hydrogen-bond acceptors (Lipinski definition) is 3. The Morgan fingerprint density at radius 2 is 2.00 bits per heavy atom. The highest BCUT2D eigenvalue weighted by Gasteiger charge is 2.26. The summed E-state index contributed by atoms with van der Waals surface area (Å²) in [5, 5.41) is 0.610. The summed E-state index contributed by atoms with van der Waals surface area (Å²) in [6, 6.07) is 0.624. The van der Waals surface area contributed by atoms with E-state index in [1.807, 2.05) is 0 Å². The van der Waals surface area contributed by atoms with Crippen molar-refractivity contribution in [1.82, 2.24) is 9.97 Å². The van der Waals surface area contributed by atoms with Gasteiger partial charge in [-0.2, -0.15) is 0 Å². The number of nitrogens with zero attached hydrogens (tertiary/aromatic N) is 3. The van der Waals surface area contributed by atoms with Crippen molar-refractivity contribution in [3.63, 3.8) is 0 Å². The first-order valence-electron chi connectivity index (χ1n) is 7.39. The van der Waals surface area contributed by atoms with E-state index < -0.39 is 0 Å². The molecule has 0 saturated heterocycles. The summed E-state index contributed by atoms with van der Waals surface area (Å²) in [6.45, 7) is 7.69. The van der Waals surface area contributed by atoms with Crippen molar-refractivity contribution < 1.29 is 0 Å². The molecular formula is C15H24ClN3. The molecule has 0 aliphatic heterocycles. The van der Waals surface area contributed by atoms with Crippen molar-refractivity contribution in [2.75, 3.05) is 11.4 Å². The van der Waals surface area contributed by atoms with Crippen LogP contribution in [0.4, 0.5) is 5.82 Å². The standard InChI is InChI=1S/C15H24ClN3/c1-4-13-14(16)17-10-18-15(13)19(9-11(2)3)12-7-5-6-8-12/h10-12H,4-9H2,1-3H3. The van der Waals surface area contributed by atoms with Gasteiger partial charge < -0.3 is 4.90 Å². The van der Waals surface area contributed by atoms with Crippen LogP contribution in [0.1, 0.15) is 52.0 Å². The van der Waals surface area contributed by atoms with E-state index >= 15 is 0 Å². The number of halogens is 1. The quantitative estimate of drug-likeness (QED) is 0.761. The van der Waals surface area contributed by atoms with Crippen LogP contribution in [0.3, 0.4) is 0 Å². The maximum Gasteiger partial charge on any atom is 0.137 e. The lowest BCUT2D eigenvalue weighted by atomic mass is 10.1. The van der Waals surface area contributed by atoms with Crippen molar-refractivity contribution >= 4 is 17.4 Å². The minimum Gasteiger partial charge on any atom is -0.353 e. The van der Waals surface area contributed by atoms with Crippen LogP contribution in [0.15, 0.2) is 6.33 Å². The minimum absolute atomic E-state index is 0.610. The SMILES string of the molecule is CCc1c(Cl)ncnc1N(CC(C)C)C1CCCC1. The Bertz CT molecular complexity index is 414. The van der Waals surface area contributed by atoms with Crippen LogP contribution >= 0.6 is 11.6 Å². The monoisotopic (exact) mass is 281 g/mol. The van der Waals surface area contributed by atoms with E-state index in [4.69, 9.17) is 11.6 Å². The van der Waals surface area contributed by atoms with Gasteiger partial charge in [0.2, 0.25) is 0 Å². The van der Waals surface area contributed by atoms with E-state index in [1.165, 1.54) is 25.7 Å². The molecule has 1 aliphatic rings. The van der Waals surface area contributed by atoms with Gasteiger partial charge in [0, 0.05) is 18.2 Å². The second-order valence-electron chi connectivity index (χ2n) is 5.80. The Balaban J connectivity index is 2.33. The molecule has 3 nitrogen and oxygen atoms in total. The zero-order valence-electron chi connectivity index (χ0n) is 12.2. The van der Waals surface area contributed by atoms with Gasteiger partial charge >= 0.3 is 0 Å². The summed E-state index contributed by atoms with van der Waals surface area (Å²) < 4.78 is 0. The predicted molar refractivity (Wildman–Crippen MR) is 80.9 cm³/mol. The molecule has 0 bridgehead atoms. The average molecular weight is 282 g/mol. The molecule has 0 atom stereocenters. The maximum absolute atomic E-state index is 6.24. The minimum atomic E-state index is 0.610. The molecule has 1 aromatic rings. The van der Waals surface area contributed by atoms with Crippen LogP contribution in [-0.2, 0) is 6.42 Å². The summed E-state index contributed by atoms with van der Waals surface area (Å²) in [6.07, 6.45) is 7.70. The normalized spacial score (nSPS) is 16.3. The van der Waals surface area contributed by atoms with Crippen LogP contribution in [0.2, 0.25) is 5.15 Å². The molecule has 2 rings (SSSR count). The summed E-state index contributed by atoms with van der Waals surface area (Å²) >= 11 is 6.24. The molecule has 1 aromatic heterocycles. The van der Waals surface area contributed by atoms with E-state index in [9.17, 15) is 0 Å². The Morgan fingerprint density at radius 1 is 1.32 bits per heavy atom. The fourth-order valence-corrected chi connectivity index (χ4v) is 3.21. The van der Waals surface area contributed by atoms with E-state index in [2.05, 4.69) is 35.6 Å². The van der Waals surface area contributed by atoms with Gasteiger partial charge in [-0.05, 0) is 25.2 Å². The Labute approximate surface area is 121 Å². The molecule has 19 heavy (non-hydrogen) atoms. The lowest BCUT2D eigenvalue weighted by Crippen LogP contribution is -2.37. The fourth-order valence-electron chi connectivity index (χ4n) is 2.95. The Hall–Kier alpha value is -0.830. The molecule has 0 amide bonds. The van der Waals surface area contributed by atoms with Crippen molar-refractivity contribution in [3.05, 3.63) is 17.0 Å². The van der Waals surface area contributed by atoms with Crippen LogP contribution < -0.4 is 4.90 Å². The van der Waals surface area contributed by atoms with E-state index in [0.717, 1.165) is 24.3 Å². The molecule has 0 radical (unpaired) electrons. The summed E-state index contributed by atoms with van der Waals surface area (Å²) in [5.74, 6) is 1.68. The topological polar surface area (TPSA) is 29.0 Å². The van der Waals surface area contributed by atoms with Crippen LogP contribution in [-0.4, -0.2) is 22.6 Å². The highest BCUT2D eigenvalue weighted by Crippen LogP contribution is 2.31. The van der Waals surface area contributed by atoms with Gasteiger partial charge in [0.1, 0.15) is 17.3 Å². The van der Waals surface area contributed by atoms with Crippen molar-refractivity contribution in [1.29, 1.82) is 0 Å². The maximum atomic E-state index is 6.24. The van der Waals surface area contributed by atoms with Crippen LogP contribution in [0.5, 0.6) is 0 Å². The van der Waals surface area contributed by atoms with Gasteiger partial charge in [0.25, 0.3) is 0 Å². The van der Waals surface area contributed by atoms with Gasteiger partial charge in [0.15, 0.2) is 0 Å². The van der Waals surface area contributed by atoms with E-state index in [-0.39, 0.29) is 0 Å². The summed E-state index contributed by atoms with van der Waals surface area (Å²) in [5.41, 5.74) is 1.09. The highest BCUT2D eigenvalue weighted by atomic mass is 35.5. The molecule has 1 saturated carbocycles. The first-order valence-corrected chi connectivity index (χ1v) is 7.77. The molecule has 0 spiro atoms. The zero-order valence-corrected chi connectivity index (χ0v) is 13.0. The van der Waals surface area contributed by atoms with Gasteiger partial charge in [-0.1, -0.05) is 45.2 Å². The van der Waals surface area contributed by atoms with Crippen molar-refractivity contribution in [2.24, 2.45) is 5.92 Å². The smallest absolute Gasteiger partial charge is 0.137 e. The second-order valence-corrected chi connectivity index (χ2v) is 6.16. The largest absolute Gasteiger partial charge is 0.353 e. The molecule has 1 aliphatic carbocycles. The Kier molecular flexibility index (Phi) is 5.03. The molecule has 0 unspecified atom stereocenters. The number of anilines is 1. The fraction of sp³-hybridized carbons (Fsp3) is 0.733. The lowest BCUT2D eigenvalue weighted by Gasteiger charge is -2.33. The summed E-state index contributed by atoms with van der Waals surface area (Å²) in [7, 11) is 0. The predicted octanol–water partition coefficient (Wildman–Crippen LogP) is 4.10. The van der Waals surface area contributed by atoms with E-state index in [0.29, 0.717) is 17.1 Å². The second kappa shape index (κ2) is 6.56. The Morgan fingerprint density at radius 3 is 2.58 bits per heavy atom. The van der Waals surface area contributed by atoms with Gasteiger partial charge in [-0.15, -0.1) is 0 Å². The number of aromatic nitrogens is 2. The van der Waals surface area contributed by atoms with Gasteiger partial charge in [-0.3, -0.25) is 0 Å². The van der Waals surface area contributed by atoms with Crippen molar-refractivity contribution in [2.45, 2.75) is 58.9 Å². The molecular weight excluding hydrogens is 258 g/mol. The van der Waals surface area contributed by atoms with Gasteiger partial charge in [-0.25, -0.2) is 9.97 Å². The van der Waals surface area contributed by atoms with Crippen molar-refractivity contribution in [3.8, 4) is 0 Å². The number of rotatable bonds is 5. The molecule has 0 N–H and O–H groups in total. The third kappa shape index (κ3) is 3.38. The molecule has 4 heteroatoms. The van der Waals surface area contributed by atoms with Gasteiger partial charge in [0.05, 0.1) is 0 Å². The third-order valence-corrected chi connectivity index (χ3v) is 4.15. The third-order valence-electron chi connectivity index (χ3n) is 3.82. The molecule has 1 heterocycles. The first kappa shape index (κ1) is 14.6. The molecule has 1 fully saturated rings. The lowest BCUT2D eigenvalue weighted by molar-refractivity contribution is 0.529. The van der Waals surface area contributed by atoms with Crippen LogP contribution in [0.25, 0.3) is 0 Å². The molecule has 106 valence electrons. The number of hydrogen-bond donors (Lipinski definition) is 0. The molecule has 0 aromatic carbocycles. The van der Waals surface area contributed by atoms with E-state index in [1.54, 1.807) is 6.33 Å². The first-order chi connectivity index (χ1) is 9.13. The average Bonchev–Trinajstić information content (AvgIpc) is 2.89. The zero-order chi connectivity index (χ0) is 13.8. The highest BCUT2D eigenvalue weighted by molar-refractivity contribution is 6.30.